The number of aromatic hydroxyl groups is 1. The fraction of sp³-hybridized carbons (Fsp3) is 0.0385. The molecule has 0 radical (unpaired) electrons. The predicted molar refractivity (Wildman–Crippen MR) is 133 cm³/mol. The van der Waals surface area contributed by atoms with Crippen molar-refractivity contribution in [2.45, 2.75) is 0 Å². The first-order chi connectivity index (χ1) is 17.4. The number of nitrogens with zero attached hydrogens (tertiary/aromatic N) is 1. The molecule has 8 nitrogen and oxygen atoms in total. The van der Waals surface area contributed by atoms with E-state index in [0.29, 0.717) is 17.1 Å². The molecule has 0 unspecified atom stereocenters. The monoisotopic (exact) mass is 506 g/mol. The van der Waals surface area contributed by atoms with Crippen LogP contribution in [-0.4, -0.2) is 26.2 Å². The molecule has 1 heterocycles. The molecule has 2 N–H and O–H groups in total. The van der Waals surface area contributed by atoms with E-state index in [-0.39, 0.29) is 29.6 Å². The molecular formula is C26H19FN2O6S. The van der Waals surface area contributed by atoms with Gasteiger partial charge in [-0.2, -0.15) is 0 Å². The van der Waals surface area contributed by atoms with Crippen molar-refractivity contribution in [3.05, 3.63) is 96.3 Å². The molecule has 0 aliphatic carbocycles. The summed E-state index contributed by atoms with van der Waals surface area (Å²) >= 11 is 0. The average Bonchev–Trinajstić information content (AvgIpc) is 3.35. The number of thiol groups is 1. The molecule has 0 fully saturated rings. The molecule has 1 amide bonds. The highest BCUT2D eigenvalue weighted by Gasteiger charge is 2.18. The van der Waals surface area contributed by atoms with Gasteiger partial charge < -0.3 is 19.9 Å². The normalized spacial score (nSPS) is 11.9. The highest BCUT2D eigenvalue weighted by Crippen LogP contribution is 2.37. The molecule has 0 aromatic heterocycles. The summed E-state index contributed by atoms with van der Waals surface area (Å²) in [5.41, 5.74) is 2.46. The van der Waals surface area contributed by atoms with E-state index in [1.54, 1.807) is 24.3 Å². The van der Waals surface area contributed by atoms with E-state index < -0.39 is 22.6 Å². The van der Waals surface area contributed by atoms with E-state index in [4.69, 9.17) is 9.47 Å². The third kappa shape index (κ3) is 4.66. The van der Waals surface area contributed by atoms with Gasteiger partial charge >= 0.3 is 0 Å². The maximum atomic E-state index is 13.3. The van der Waals surface area contributed by atoms with Crippen LogP contribution in [0.15, 0.2) is 84.9 Å². The lowest BCUT2D eigenvalue weighted by atomic mass is 10.0. The smallest absolute Gasteiger partial charge is 0.255 e. The van der Waals surface area contributed by atoms with Crippen molar-refractivity contribution in [3.8, 4) is 28.4 Å². The number of phenols is 1. The molecule has 0 bridgehead atoms. The van der Waals surface area contributed by atoms with Crippen LogP contribution in [0.25, 0.3) is 11.1 Å². The zero-order valence-corrected chi connectivity index (χ0v) is 19.4. The van der Waals surface area contributed by atoms with Gasteiger partial charge in [0.25, 0.3) is 5.91 Å². The molecule has 182 valence electrons. The predicted octanol–water partition coefficient (Wildman–Crippen LogP) is 4.84. The Balaban J connectivity index is 1.36. The number of hydrogen-bond donors (Lipinski definition) is 3. The number of fused-ring (bicyclic) bond motifs is 1. The number of rotatable bonds is 6. The Morgan fingerprint density at radius 2 is 1.56 bits per heavy atom. The van der Waals surface area contributed by atoms with E-state index in [2.05, 4.69) is 5.32 Å². The van der Waals surface area contributed by atoms with Gasteiger partial charge in [-0.25, -0.2) is 17.1 Å². The Hall–Kier alpha value is -4.57. The molecule has 36 heavy (non-hydrogen) atoms. The van der Waals surface area contributed by atoms with Crippen LogP contribution in [0.3, 0.4) is 0 Å². The number of amides is 1. The number of halogens is 1. The van der Waals surface area contributed by atoms with Crippen molar-refractivity contribution in [1.29, 1.82) is 0 Å². The van der Waals surface area contributed by atoms with Gasteiger partial charge in [0, 0.05) is 11.3 Å². The second-order valence-electron chi connectivity index (χ2n) is 7.83. The van der Waals surface area contributed by atoms with E-state index in [1.165, 1.54) is 30.3 Å². The number of hydrogen-bond acceptors (Lipinski definition) is 6. The standard InChI is InChI=1S/C26H19FN2O6S/c27-19-6-9-21(10-7-19)29(36(32)33)22-14-20(8-11-23(22)30)28-26(31)17-3-1-16(2-4-17)18-5-12-24-25(13-18)35-15-34-24/h1-14,30,36H,15H2,(H,28,31). The number of benzene rings is 4. The lowest BCUT2D eigenvalue weighted by Gasteiger charge is -2.20. The van der Waals surface area contributed by atoms with Crippen molar-refractivity contribution < 1.29 is 32.2 Å². The number of nitrogens with one attached hydrogen (secondary N) is 1. The quantitative estimate of drug-likeness (QED) is 0.255. The molecule has 10 heteroatoms. The molecule has 0 spiro atoms. The van der Waals surface area contributed by atoms with Crippen LogP contribution in [0.2, 0.25) is 0 Å². The molecule has 4 aromatic carbocycles. The molecule has 0 saturated heterocycles. The van der Waals surface area contributed by atoms with Gasteiger partial charge in [-0.1, -0.05) is 18.2 Å². The van der Waals surface area contributed by atoms with Gasteiger partial charge in [0.2, 0.25) is 17.7 Å². The molecule has 1 aliphatic rings. The zero-order chi connectivity index (χ0) is 25.2. The van der Waals surface area contributed by atoms with Crippen molar-refractivity contribution in [2.24, 2.45) is 0 Å². The van der Waals surface area contributed by atoms with Crippen LogP contribution in [0.4, 0.5) is 21.5 Å². The minimum atomic E-state index is -3.23. The second kappa shape index (κ2) is 9.59. The molecular weight excluding hydrogens is 487 g/mol. The summed E-state index contributed by atoms with van der Waals surface area (Å²) in [5, 5.41) is 13.0. The second-order valence-corrected chi connectivity index (χ2v) is 8.70. The Morgan fingerprint density at radius 3 is 2.28 bits per heavy atom. The van der Waals surface area contributed by atoms with Crippen LogP contribution < -0.4 is 19.1 Å². The molecule has 5 rings (SSSR count). The van der Waals surface area contributed by atoms with Crippen LogP contribution in [0.1, 0.15) is 10.4 Å². The fourth-order valence-corrected chi connectivity index (χ4v) is 4.43. The van der Waals surface area contributed by atoms with Crippen molar-refractivity contribution in [1.82, 2.24) is 0 Å². The lowest BCUT2D eigenvalue weighted by Crippen LogP contribution is -2.16. The minimum Gasteiger partial charge on any atom is -0.506 e. The number of ether oxygens (including phenoxy) is 2. The summed E-state index contributed by atoms with van der Waals surface area (Å²) in [5.74, 6) is 0.0532. The number of phenolic OH excluding ortho intramolecular Hbond substituents is 1. The Kier molecular flexibility index (Phi) is 6.17. The minimum absolute atomic E-state index is 0.0892. The van der Waals surface area contributed by atoms with E-state index in [1.807, 2.05) is 18.2 Å². The van der Waals surface area contributed by atoms with Gasteiger partial charge in [-0.05, 0) is 77.9 Å². The Bertz CT molecular complexity index is 1510. The highest BCUT2D eigenvalue weighted by molar-refractivity contribution is 7.74. The topological polar surface area (TPSA) is 105 Å². The SMILES string of the molecule is O=C(Nc1ccc(O)c(N(c2ccc(F)cc2)[SH](=O)=O)c1)c1ccc(-c2ccc3c(c2)OCO3)cc1. The van der Waals surface area contributed by atoms with Gasteiger partial charge in [0.15, 0.2) is 11.5 Å². The van der Waals surface area contributed by atoms with Gasteiger partial charge in [-0.15, -0.1) is 0 Å². The summed E-state index contributed by atoms with van der Waals surface area (Å²) in [4.78, 5) is 12.8. The first-order valence-electron chi connectivity index (χ1n) is 10.7. The van der Waals surface area contributed by atoms with E-state index in [0.717, 1.165) is 27.6 Å². The largest absolute Gasteiger partial charge is 0.506 e. The van der Waals surface area contributed by atoms with Crippen LogP contribution in [0.5, 0.6) is 17.2 Å². The van der Waals surface area contributed by atoms with Crippen LogP contribution >= 0.6 is 0 Å². The van der Waals surface area contributed by atoms with Crippen molar-refractivity contribution in [3.63, 3.8) is 0 Å². The lowest BCUT2D eigenvalue weighted by molar-refractivity contribution is 0.102. The third-order valence-corrected chi connectivity index (χ3v) is 6.32. The van der Waals surface area contributed by atoms with Gasteiger partial charge in [0.1, 0.15) is 17.3 Å². The number of anilines is 3. The maximum Gasteiger partial charge on any atom is 0.255 e. The van der Waals surface area contributed by atoms with E-state index in [9.17, 15) is 22.7 Å². The summed E-state index contributed by atoms with van der Waals surface area (Å²) < 4.78 is 48.8. The highest BCUT2D eigenvalue weighted by atomic mass is 32.2. The van der Waals surface area contributed by atoms with E-state index >= 15 is 0 Å². The van der Waals surface area contributed by atoms with Crippen LogP contribution in [-0.2, 0) is 10.9 Å². The first-order valence-corrected chi connectivity index (χ1v) is 11.9. The summed E-state index contributed by atoms with van der Waals surface area (Å²) in [6, 6.07) is 21.3. The number of carbonyl (C=O) groups excluding carboxylic acids is 1. The summed E-state index contributed by atoms with van der Waals surface area (Å²) in [6.07, 6.45) is 0. The molecule has 4 aromatic rings. The molecule has 0 atom stereocenters. The summed E-state index contributed by atoms with van der Waals surface area (Å²) in [6.45, 7) is 0.184. The summed E-state index contributed by atoms with van der Waals surface area (Å²) in [7, 11) is -3.23. The Labute approximate surface area is 207 Å². The van der Waals surface area contributed by atoms with Gasteiger partial charge in [0.05, 0.1) is 5.69 Å². The van der Waals surface area contributed by atoms with Crippen molar-refractivity contribution in [2.75, 3.05) is 16.4 Å². The van der Waals surface area contributed by atoms with Gasteiger partial charge in [-0.3, -0.25) is 4.79 Å². The first kappa shape index (κ1) is 23.2. The Morgan fingerprint density at radius 1 is 0.861 bits per heavy atom. The maximum absolute atomic E-state index is 13.3. The number of carbonyl (C=O) groups is 1. The zero-order valence-electron chi connectivity index (χ0n) is 18.6. The molecule has 0 saturated carbocycles. The molecule has 1 aliphatic heterocycles. The third-order valence-electron chi connectivity index (χ3n) is 5.55. The average molecular weight is 507 g/mol. The van der Waals surface area contributed by atoms with Crippen LogP contribution in [0, 0.1) is 5.82 Å². The van der Waals surface area contributed by atoms with Crippen molar-refractivity contribution >= 4 is 33.9 Å². The fourth-order valence-electron chi connectivity index (χ4n) is 3.77.